The number of rotatable bonds is 8. The first-order valence-electron chi connectivity index (χ1n) is 9.77. The number of nitrogens with zero attached hydrogens (tertiary/aromatic N) is 1. The van der Waals surface area contributed by atoms with Crippen molar-refractivity contribution < 1.29 is 18.8 Å². The highest BCUT2D eigenvalue weighted by Crippen LogP contribution is 2.34. The minimum atomic E-state index is -1.29. The van der Waals surface area contributed by atoms with Gasteiger partial charge in [-0.2, -0.15) is 0 Å². The highest BCUT2D eigenvalue weighted by atomic mass is 35.5. The molecule has 0 spiro atoms. The summed E-state index contributed by atoms with van der Waals surface area (Å²) in [6, 6.07) is 11.8. The van der Waals surface area contributed by atoms with Crippen LogP contribution in [-0.4, -0.2) is 29.3 Å². The smallest absolute Gasteiger partial charge is 0.325 e. The lowest BCUT2D eigenvalue weighted by molar-refractivity contribution is -0.135. The SMILES string of the molecule is CCCCC1(c2ccc(F)cc2)NC(=O)N(CC(=O)NCc2ccc(Cl)cc2)C1=O. The summed E-state index contributed by atoms with van der Waals surface area (Å²) in [6.45, 7) is 1.83. The van der Waals surface area contributed by atoms with Crippen LogP contribution in [0.15, 0.2) is 48.5 Å². The van der Waals surface area contributed by atoms with Gasteiger partial charge in [-0.05, 0) is 41.8 Å². The van der Waals surface area contributed by atoms with E-state index in [0.29, 0.717) is 23.4 Å². The van der Waals surface area contributed by atoms with Crippen LogP contribution in [0.1, 0.15) is 37.3 Å². The molecule has 0 radical (unpaired) electrons. The van der Waals surface area contributed by atoms with Gasteiger partial charge in [0.05, 0.1) is 0 Å². The number of imide groups is 1. The number of carbonyl (C=O) groups excluding carboxylic acids is 3. The summed E-state index contributed by atoms with van der Waals surface area (Å²) in [6.07, 6.45) is 1.86. The summed E-state index contributed by atoms with van der Waals surface area (Å²) < 4.78 is 13.4. The standard InChI is InChI=1S/C22H23ClFN3O3/c1-2-3-12-22(16-6-10-18(24)11-7-16)20(29)27(21(30)26-22)14-19(28)25-13-15-4-8-17(23)9-5-15/h4-11H,2-3,12-14H2,1H3,(H,25,28)(H,26,30). The van der Waals surface area contributed by atoms with Crippen LogP contribution in [0.2, 0.25) is 5.02 Å². The van der Waals surface area contributed by atoms with Gasteiger partial charge >= 0.3 is 6.03 Å². The van der Waals surface area contributed by atoms with Gasteiger partial charge in [0.2, 0.25) is 5.91 Å². The van der Waals surface area contributed by atoms with Crippen LogP contribution in [0.4, 0.5) is 9.18 Å². The molecule has 8 heteroatoms. The molecule has 1 saturated heterocycles. The van der Waals surface area contributed by atoms with Gasteiger partial charge in [-0.1, -0.05) is 55.6 Å². The number of halogens is 2. The molecule has 2 aromatic rings. The number of urea groups is 1. The van der Waals surface area contributed by atoms with Crippen molar-refractivity contribution in [2.45, 2.75) is 38.3 Å². The molecule has 1 aliphatic rings. The third-order valence-electron chi connectivity index (χ3n) is 5.12. The molecular formula is C22H23ClFN3O3. The maximum atomic E-state index is 13.4. The van der Waals surface area contributed by atoms with Crippen molar-refractivity contribution in [3.63, 3.8) is 0 Å². The van der Waals surface area contributed by atoms with Crippen LogP contribution < -0.4 is 10.6 Å². The predicted molar refractivity (Wildman–Crippen MR) is 111 cm³/mol. The molecule has 1 atom stereocenters. The van der Waals surface area contributed by atoms with E-state index in [-0.39, 0.29) is 6.54 Å². The normalized spacial score (nSPS) is 18.4. The Balaban J connectivity index is 1.73. The lowest BCUT2D eigenvalue weighted by Gasteiger charge is -2.27. The summed E-state index contributed by atoms with van der Waals surface area (Å²) >= 11 is 5.85. The van der Waals surface area contributed by atoms with Crippen LogP contribution in [-0.2, 0) is 21.7 Å². The molecule has 4 amide bonds. The molecule has 3 rings (SSSR count). The fraction of sp³-hybridized carbons (Fsp3) is 0.318. The zero-order chi connectivity index (χ0) is 21.7. The van der Waals surface area contributed by atoms with Gasteiger partial charge in [0, 0.05) is 11.6 Å². The average molecular weight is 432 g/mol. The van der Waals surface area contributed by atoms with Gasteiger partial charge in [0.1, 0.15) is 17.9 Å². The number of nitrogens with one attached hydrogen (secondary N) is 2. The zero-order valence-corrected chi connectivity index (χ0v) is 17.3. The number of hydrogen-bond donors (Lipinski definition) is 2. The molecule has 0 aliphatic carbocycles. The van der Waals surface area contributed by atoms with Crippen LogP contribution in [0.5, 0.6) is 0 Å². The lowest BCUT2D eigenvalue weighted by atomic mass is 9.85. The van der Waals surface area contributed by atoms with E-state index in [1.807, 2.05) is 6.92 Å². The number of benzene rings is 2. The number of carbonyl (C=O) groups is 3. The van der Waals surface area contributed by atoms with Crippen LogP contribution >= 0.6 is 11.6 Å². The summed E-state index contributed by atoms with van der Waals surface area (Å²) in [5.74, 6) is -1.40. The minimum Gasteiger partial charge on any atom is -0.350 e. The van der Waals surface area contributed by atoms with E-state index >= 15 is 0 Å². The molecule has 2 aromatic carbocycles. The number of unbranched alkanes of at least 4 members (excludes halogenated alkanes) is 1. The van der Waals surface area contributed by atoms with Crippen molar-refractivity contribution >= 4 is 29.4 Å². The molecule has 1 heterocycles. The molecule has 2 N–H and O–H groups in total. The molecule has 1 aliphatic heterocycles. The molecule has 0 aromatic heterocycles. The summed E-state index contributed by atoms with van der Waals surface area (Å²) in [4.78, 5) is 39.1. The topological polar surface area (TPSA) is 78.5 Å². The van der Waals surface area contributed by atoms with E-state index < -0.39 is 35.7 Å². The summed E-state index contributed by atoms with van der Waals surface area (Å²) in [7, 11) is 0. The Morgan fingerprint density at radius 3 is 2.43 bits per heavy atom. The number of hydrogen-bond acceptors (Lipinski definition) is 3. The molecular weight excluding hydrogens is 409 g/mol. The second-order valence-electron chi connectivity index (χ2n) is 7.24. The van der Waals surface area contributed by atoms with Gasteiger partial charge < -0.3 is 10.6 Å². The fourth-order valence-corrected chi connectivity index (χ4v) is 3.58. The van der Waals surface area contributed by atoms with Crippen molar-refractivity contribution in [2.24, 2.45) is 0 Å². The molecule has 6 nitrogen and oxygen atoms in total. The van der Waals surface area contributed by atoms with E-state index in [4.69, 9.17) is 11.6 Å². The Morgan fingerprint density at radius 2 is 1.80 bits per heavy atom. The molecule has 0 saturated carbocycles. The second kappa shape index (κ2) is 9.26. The third-order valence-corrected chi connectivity index (χ3v) is 5.37. The Kier molecular flexibility index (Phi) is 6.72. The molecule has 30 heavy (non-hydrogen) atoms. The Morgan fingerprint density at radius 1 is 1.13 bits per heavy atom. The average Bonchev–Trinajstić information content (AvgIpc) is 2.97. The summed E-state index contributed by atoms with van der Waals surface area (Å²) in [5, 5.41) is 6.03. The van der Waals surface area contributed by atoms with E-state index in [1.54, 1.807) is 24.3 Å². The Labute approximate surface area is 179 Å². The molecule has 1 unspecified atom stereocenters. The van der Waals surface area contributed by atoms with Crippen LogP contribution in [0.25, 0.3) is 0 Å². The van der Waals surface area contributed by atoms with Crippen molar-refractivity contribution in [1.82, 2.24) is 15.5 Å². The first-order valence-corrected chi connectivity index (χ1v) is 10.1. The largest absolute Gasteiger partial charge is 0.350 e. The van der Waals surface area contributed by atoms with Crippen molar-refractivity contribution in [1.29, 1.82) is 0 Å². The number of amides is 4. The van der Waals surface area contributed by atoms with Gasteiger partial charge in [-0.25, -0.2) is 9.18 Å². The van der Waals surface area contributed by atoms with Gasteiger partial charge in [-0.3, -0.25) is 14.5 Å². The van der Waals surface area contributed by atoms with Crippen LogP contribution in [0, 0.1) is 5.82 Å². The highest BCUT2D eigenvalue weighted by Gasteiger charge is 2.52. The predicted octanol–water partition coefficient (Wildman–Crippen LogP) is 3.73. The maximum Gasteiger partial charge on any atom is 0.325 e. The maximum absolute atomic E-state index is 13.4. The van der Waals surface area contributed by atoms with E-state index in [0.717, 1.165) is 16.9 Å². The van der Waals surface area contributed by atoms with Gasteiger partial charge in [0.25, 0.3) is 5.91 Å². The molecule has 158 valence electrons. The first kappa shape index (κ1) is 21.8. The van der Waals surface area contributed by atoms with Crippen molar-refractivity contribution in [3.05, 3.63) is 70.5 Å². The van der Waals surface area contributed by atoms with Crippen molar-refractivity contribution in [2.75, 3.05) is 6.54 Å². The van der Waals surface area contributed by atoms with Gasteiger partial charge in [0.15, 0.2) is 0 Å². The molecule has 0 bridgehead atoms. The zero-order valence-electron chi connectivity index (χ0n) is 16.6. The minimum absolute atomic E-state index is 0.249. The quantitative estimate of drug-likeness (QED) is 0.625. The Bertz CT molecular complexity index is 934. The third kappa shape index (κ3) is 4.62. The Hall–Kier alpha value is -2.93. The van der Waals surface area contributed by atoms with E-state index in [1.165, 1.54) is 24.3 Å². The van der Waals surface area contributed by atoms with E-state index in [9.17, 15) is 18.8 Å². The van der Waals surface area contributed by atoms with Gasteiger partial charge in [-0.15, -0.1) is 0 Å². The monoisotopic (exact) mass is 431 g/mol. The second-order valence-corrected chi connectivity index (χ2v) is 7.68. The van der Waals surface area contributed by atoms with Crippen molar-refractivity contribution in [3.8, 4) is 0 Å². The highest BCUT2D eigenvalue weighted by molar-refractivity contribution is 6.30. The van der Waals surface area contributed by atoms with Crippen LogP contribution in [0.3, 0.4) is 0 Å². The first-order chi connectivity index (χ1) is 14.4. The summed E-state index contributed by atoms with van der Waals surface area (Å²) in [5.41, 5.74) is 0.0467. The lowest BCUT2D eigenvalue weighted by Crippen LogP contribution is -2.45. The molecule has 1 fully saturated rings. The fourth-order valence-electron chi connectivity index (χ4n) is 3.46. The van der Waals surface area contributed by atoms with E-state index in [2.05, 4.69) is 10.6 Å².